The number of benzene rings is 3. The molecule has 9 rings (SSSR count). The van der Waals surface area contributed by atoms with Gasteiger partial charge in [0.15, 0.2) is 5.78 Å². The Bertz CT molecular complexity index is 2430. The van der Waals surface area contributed by atoms with Crippen LogP contribution in [0.4, 0.5) is 9.59 Å². The number of hydrogen-bond donors (Lipinski definition) is 2. The second-order valence-corrected chi connectivity index (χ2v) is 19.2. The topological polar surface area (TPSA) is 134 Å². The molecule has 5 aromatic rings. The summed E-state index contributed by atoms with van der Waals surface area (Å²) < 4.78 is 11.4. The molecule has 2 aliphatic carbocycles. The molecule has 1 saturated carbocycles. The molecule has 312 valence electrons. The van der Waals surface area contributed by atoms with Gasteiger partial charge in [0, 0.05) is 24.1 Å². The molecule has 11 nitrogen and oxygen atoms in total. The van der Waals surface area contributed by atoms with Crippen LogP contribution in [-0.2, 0) is 15.9 Å². The summed E-state index contributed by atoms with van der Waals surface area (Å²) in [5, 5.41) is 0. The predicted octanol–water partition coefficient (Wildman–Crippen LogP) is 11.2. The van der Waals surface area contributed by atoms with E-state index in [2.05, 4.69) is 70.6 Å². The average molecular weight is 809 g/mol. The number of imidazole rings is 2. The number of aromatic nitrogens is 4. The maximum Gasteiger partial charge on any atom is 0.410 e. The molecule has 2 unspecified atom stereocenters. The summed E-state index contributed by atoms with van der Waals surface area (Å²) in [7, 11) is 0. The molecule has 2 aliphatic heterocycles. The molecule has 2 amide bonds. The summed E-state index contributed by atoms with van der Waals surface area (Å²) in [6, 6.07) is 20.9. The van der Waals surface area contributed by atoms with E-state index in [0.717, 1.165) is 125 Å². The van der Waals surface area contributed by atoms with Crippen molar-refractivity contribution in [3.8, 4) is 44.8 Å². The van der Waals surface area contributed by atoms with Crippen molar-refractivity contribution in [1.29, 1.82) is 0 Å². The number of H-pyrrole nitrogens is 2. The number of Topliss-reactive ketones (excluding diaryl/α,β-unsaturated/α-hetero) is 1. The molecular weight excluding hydrogens is 753 g/mol. The Morgan fingerprint density at radius 2 is 1.07 bits per heavy atom. The van der Waals surface area contributed by atoms with Crippen molar-refractivity contribution in [1.82, 2.24) is 29.7 Å². The zero-order chi connectivity index (χ0) is 42.0. The van der Waals surface area contributed by atoms with Crippen LogP contribution in [0.25, 0.3) is 44.8 Å². The fourth-order valence-corrected chi connectivity index (χ4v) is 9.89. The SMILES string of the molecule is CC(C)(C)OC(=O)N1CCCC1c1ncc(-c2ccc(-c3ccc(-c4ccc(-c5cnc(C6CCCN6C(=O)OC(C)(C)C)[nH]5)cc4)c4c3CC3(CCCC3)C4=O)cc2)[nH]1. The number of amides is 2. The fourth-order valence-electron chi connectivity index (χ4n) is 9.89. The molecule has 1 spiro atoms. The smallest absolute Gasteiger partial charge is 0.410 e. The monoisotopic (exact) mass is 808 g/mol. The third-order valence-corrected chi connectivity index (χ3v) is 12.7. The van der Waals surface area contributed by atoms with E-state index in [1.165, 1.54) is 0 Å². The van der Waals surface area contributed by atoms with E-state index in [1.807, 2.05) is 53.9 Å². The number of hydrogen-bond acceptors (Lipinski definition) is 7. The minimum absolute atomic E-state index is 0.149. The first-order valence-electron chi connectivity index (χ1n) is 21.7. The highest BCUT2D eigenvalue weighted by molar-refractivity contribution is 6.11. The molecule has 0 radical (unpaired) electrons. The Morgan fingerprint density at radius 3 is 1.53 bits per heavy atom. The lowest BCUT2D eigenvalue weighted by atomic mass is 9.81. The maximum absolute atomic E-state index is 14.6. The van der Waals surface area contributed by atoms with Crippen LogP contribution in [0.5, 0.6) is 0 Å². The van der Waals surface area contributed by atoms with Crippen molar-refractivity contribution >= 4 is 18.0 Å². The lowest BCUT2D eigenvalue weighted by Gasteiger charge is -2.27. The van der Waals surface area contributed by atoms with Gasteiger partial charge in [-0.3, -0.25) is 14.6 Å². The van der Waals surface area contributed by atoms with Crippen molar-refractivity contribution in [2.45, 2.75) is 123 Å². The van der Waals surface area contributed by atoms with E-state index in [-0.39, 0.29) is 35.5 Å². The second-order valence-electron chi connectivity index (χ2n) is 19.2. The number of fused-ring (bicyclic) bond motifs is 1. The van der Waals surface area contributed by atoms with Gasteiger partial charge in [-0.25, -0.2) is 19.6 Å². The zero-order valence-electron chi connectivity index (χ0n) is 35.7. The first kappa shape index (κ1) is 39.7. The van der Waals surface area contributed by atoms with Crippen LogP contribution < -0.4 is 0 Å². The largest absolute Gasteiger partial charge is 0.444 e. The lowest BCUT2D eigenvalue weighted by molar-refractivity contribution is 0.0208. The van der Waals surface area contributed by atoms with Gasteiger partial charge in [0.05, 0.1) is 35.9 Å². The summed E-state index contributed by atoms with van der Waals surface area (Å²) in [5.41, 5.74) is 8.50. The maximum atomic E-state index is 14.6. The van der Waals surface area contributed by atoms with Crippen LogP contribution >= 0.6 is 0 Å². The highest BCUT2D eigenvalue weighted by atomic mass is 16.6. The number of rotatable bonds is 6. The van der Waals surface area contributed by atoms with Crippen molar-refractivity contribution in [3.05, 3.63) is 95.8 Å². The minimum atomic E-state index is -0.562. The molecule has 4 heterocycles. The molecular formula is C49H56N6O5. The third-order valence-electron chi connectivity index (χ3n) is 12.7. The first-order valence-corrected chi connectivity index (χ1v) is 21.7. The summed E-state index contributed by atoms with van der Waals surface area (Å²) in [4.78, 5) is 60.4. The van der Waals surface area contributed by atoms with Gasteiger partial charge >= 0.3 is 12.2 Å². The normalized spacial score (nSPS) is 20.0. The highest BCUT2D eigenvalue weighted by Crippen LogP contribution is 2.53. The highest BCUT2D eigenvalue weighted by Gasteiger charge is 2.49. The van der Waals surface area contributed by atoms with Crippen molar-refractivity contribution in [2.24, 2.45) is 5.41 Å². The number of carbonyl (C=O) groups excluding carboxylic acids is 3. The van der Waals surface area contributed by atoms with E-state index in [4.69, 9.17) is 19.4 Å². The Kier molecular flexibility index (Phi) is 9.99. The summed E-state index contributed by atoms with van der Waals surface area (Å²) in [5.74, 6) is 1.81. The minimum Gasteiger partial charge on any atom is -0.444 e. The molecule has 2 saturated heterocycles. The summed E-state index contributed by atoms with van der Waals surface area (Å²) >= 11 is 0. The van der Waals surface area contributed by atoms with Gasteiger partial charge < -0.3 is 19.4 Å². The number of ether oxygens (including phenoxy) is 2. The van der Waals surface area contributed by atoms with E-state index in [9.17, 15) is 14.4 Å². The van der Waals surface area contributed by atoms with Crippen LogP contribution in [0.15, 0.2) is 73.1 Å². The van der Waals surface area contributed by atoms with E-state index >= 15 is 0 Å². The first-order chi connectivity index (χ1) is 28.7. The molecule has 2 aromatic heterocycles. The Morgan fingerprint density at radius 1 is 0.633 bits per heavy atom. The van der Waals surface area contributed by atoms with Crippen LogP contribution in [0.1, 0.15) is 133 Å². The molecule has 11 heteroatoms. The number of nitrogens with one attached hydrogen (secondary N) is 2. The van der Waals surface area contributed by atoms with E-state index in [1.54, 1.807) is 9.80 Å². The standard InChI is InChI=1S/C49H56N6O5/c1-47(2,3)59-45(57)54-25-9-11-39(54)43-50-28-37(52-43)32-17-13-30(14-18-32)34-21-22-35(41-36(34)27-49(42(41)56)23-7-8-24-49)31-15-19-33(20-16-31)38-29-51-44(53-38)40-12-10-26-55(40)46(58)60-48(4,5)6/h13-22,28-29,39-40H,7-12,23-27H2,1-6H3,(H,50,52)(H,51,53). The molecule has 3 fully saturated rings. The molecule has 2 N–H and O–H groups in total. The van der Waals surface area contributed by atoms with Crippen LogP contribution in [0.3, 0.4) is 0 Å². The van der Waals surface area contributed by atoms with Crippen LogP contribution in [0, 0.1) is 5.41 Å². The number of ketones is 1. The zero-order valence-corrected chi connectivity index (χ0v) is 35.7. The third kappa shape index (κ3) is 7.52. The summed E-state index contributed by atoms with van der Waals surface area (Å²) in [6.45, 7) is 12.6. The number of aromatic amines is 2. The molecule has 2 atom stereocenters. The van der Waals surface area contributed by atoms with Crippen molar-refractivity contribution in [2.75, 3.05) is 13.1 Å². The van der Waals surface area contributed by atoms with Crippen molar-refractivity contribution in [3.63, 3.8) is 0 Å². The van der Waals surface area contributed by atoms with Crippen LogP contribution in [-0.4, -0.2) is 72.0 Å². The van der Waals surface area contributed by atoms with E-state index < -0.39 is 11.2 Å². The van der Waals surface area contributed by atoms with Crippen molar-refractivity contribution < 1.29 is 23.9 Å². The quantitative estimate of drug-likeness (QED) is 0.174. The molecule has 60 heavy (non-hydrogen) atoms. The Balaban J connectivity index is 0.963. The van der Waals surface area contributed by atoms with Gasteiger partial charge in [-0.1, -0.05) is 73.5 Å². The lowest BCUT2D eigenvalue weighted by Crippen LogP contribution is -2.36. The number of nitrogens with zero attached hydrogens (tertiary/aromatic N) is 4. The van der Waals surface area contributed by atoms with Gasteiger partial charge in [0.25, 0.3) is 0 Å². The molecule has 4 aliphatic rings. The average Bonchev–Trinajstić information content (AvgIpc) is 4.06. The summed E-state index contributed by atoms with van der Waals surface area (Å²) in [6.07, 6.45) is 11.3. The van der Waals surface area contributed by atoms with Crippen LogP contribution in [0.2, 0.25) is 0 Å². The second kappa shape index (κ2) is 15.1. The molecule has 3 aromatic carbocycles. The van der Waals surface area contributed by atoms with Gasteiger partial charge in [-0.2, -0.15) is 0 Å². The van der Waals surface area contributed by atoms with E-state index in [0.29, 0.717) is 13.1 Å². The van der Waals surface area contributed by atoms with Gasteiger partial charge in [-0.15, -0.1) is 0 Å². The number of likely N-dealkylation sites (tertiary alicyclic amines) is 2. The number of carbonyl (C=O) groups is 3. The molecule has 0 bridgehead atoms. The Hall–Kier alpha value is -5.71. The predicted molar refractivity (Wildman–Crippen MR) is 231 cm³/mol. The Labute approximate surface area is 352 Å². The van der Waals surface area contributed by atoms with Gasteiger partial charge in [-0.05, 0) is 125 Å². The van der Waals surface area contributed by atoms with Gasteiger partial charge in [0.2, 0.25) is 0 Å². The van der Waals surface area contributed by atoms with Gasteiger partial charge in [0.1, 0.15) is 22.9 Å². The fraction of sp³-hybridized carbons (Fsp3) is 0.449.